The van der Waals surface area contributed by atoms with E-state index >= 15 is 0 Å². The maximum atomic E-state index is 12.8. The molecule has 0 aromatic carbocycles. The lowest BCUT2D eigenvalue weighted by Crippen LogP contribution is -2.48. The van der Waals surface area contributed by atoms with Crippen molar-refractivity contribution in [3.8, 4) is 0 Å². The summed E-state index contributed by atoms with van der Waals surface area (Å²) in [6.45, 7) is 2.00. The Bertz CT molecular complexity index is 708. The van der Waals surface area contributed by atoms with Crippen LogP contribution in [0.25, 0.3) is 0 Å². The van der Waals surface area contributed by atoms with Crippen LogP contribution in [0.15, 0.2) is 42.9 Å². The fraction of sp³-hybridized carbons (Fsp3) is 0.250. The van der Waals surface area contributed by atoms with Crippen molar-refractivity contribution in [1.82, 2.24) is 20.2 Å². The highest BCUT2D eigenvalue weighted by Crippen LogP contribution is 2.23. The number of halogens is 1. The van der Waals surface area contributed by atoms with Crippen molar-refractivity contribution >= 4 is 24.2 Å². The highest BCUT2D eigenvalue weighted by Gasteiger charge is 2.28. The van der Waals surface area contributed by atoms with E-state index in [1.54, 1.807) is 23.4 Å². The molecule has 7 nitrogen and oxygen atoms in total. The average Bonchev–Trinajstić information content (AvgIpc) is 2.62. The molecular formula is C16H18ClN5O2. The molecule has 1 atom stereocenters. The number of primary amides is 1. The van der Waals surface area contributed by atoms with Gasteiger partial charge in [0.2, 0.25) is 0 Å². The number of hydrogen-bond acceptors (Lipinski definition) is 5. The van der Waals surface area contributed by atoms with Crippen LogP contribution < -0.4 is 11.1 Å². The van der Waals surface area contributed by atoms with E-state index in [0.717, 1.165) is 12.1 Å². The van der Waals surface area contributed by atoms with Gasteiger partial charge in [0, 0.05) is 38.2 Å². The summed E-state index contributed by atoms with van der Waals surface area (Å²) in [5.41, 5.74) is 6.73. The van der Waals surface area contributed by atoms with E-state index in [1.165, 1.54) is 12.3 Å². The molecule has 1 fully saturated rings. The Morgan fingerprint density at radius 3 is 2.71 bits per heavy atom. The Kier molecular flexibility index (Phi) is 5.83. The van der Waals surface area contributed by atoms with Crippen LogP contribution in [-0.4, -0.2) is 46.3 Å². The third-order valence-corrected chi connectivity index (χ3v) is 3.84. The van der Waals surface area contributed by atoms with Crippen molar-refractivity contribution in [2.45, 2.75) is 6.04 Å². The average molecular weight is 348 g/mol. The molecule has 1 saturated heterocycles. The third kappa shape index (κ3) is 3.69. The zero-order chi connectivity index (χ0) is 16.2. The highest BCUT2D eigenvalue weighted by atomic mass is 35.5. The molecule has 8 heteroatoms. The Morgan fingerprint density at radius 2 is 2.08 bits per heavy atom. The summed E-state index contributed by atoms with van der Waals surface area (Å²) in [6, 6.07) is 6.78. The van der Waals surface area contributed by atoms with E-state index in [2.05, 4.69) is 15.3 Å². The molecule has 0 aliphatic carbocycles. The molecule has 1 aliphatic rings. The van der Waals surface area contributed by atoms with Gasteiger partial charge >= 0.3 is 0 Å². The molecule has 2 amide bonds. The van der Waals surface area contributed by atoms with E-state index in [-0.39, 0.29) is 30.0 Å². The zero-order valence-electron chi connectivity index (χ0n) is 12.9. The highest BCUT2D eigenvalue weighted by molar-refractivity contribution is 5.96. The number of hydrogen-bond donors (Lipinski definition) is 2. The molecule has 2 aromatic heterocycles. The van der Waals surface area contributed by atoms with Crippen molar-refractivity contribution in [3.05, 3.63) is 59.7 Å². The first-order valence-electron chi connectivity index (χ1n) is 7.34. The molecule has 1 unspecified atom stereocenters. The fourth-order valence-corrected chi connectivity index (χ4v) is 2.65. The van der Waals surface area contributed by atoms with Crippen LogP contribution in [0.5, 0.6) is 0 Å². The summed E-state index contributed by atoms with van der Waals surface area (Å²) >= 11 is 0. The molecule has 24 heavy (non-hydrogen) atoms. The van der Waals surface area contributed by atoms with Gasteiger partial charge in [-0.05, 0) is 23.8 Å². The quantitative estimate of drug-likeness (QED) is 0.854. The van der Waals surface area contributed by atoms with Crippen molar-refractivity contribution in [3.63, 3.8) is 0 Å². The standard InChI is InChI=1S/C16H17N5O2.ClH/c17-15(22)13-4-3-12(9-20-13)16(23)21-7-6-19-10-14(21)11-2-1-5-18-8-11;/h1-5,8-9,14,19H,6-7,10H2,(H2,17,22);1H. The number of amides is 2. The van der Waals surface area contributed by atoms with Crippen LogP contribution in [0.4, 0.5) is 0 Å². The predicted octanol–water partition coefficient (Wildman–Crippen LogP) is 0.784. The van der Waals surface area contributed by atoms with Gasteiger partial charge < -0.3 is 16.0 Å². The lowest BCUT2D eigenvalue weighted by atomic mass is 10.0. The Morgan fingerprint density at radius 1 is 1.25 bits per heavy atom. The van der Waals surface area contributed by atoms with Crippen molar-refractivity contribution in [1.29, 1.82) is 0 Å². The minimum atomic E-state index is -0.612. The summed E-state index contributed by atoms with van der Waals surface area (Å²) in [5, 5.41) is 3.30. The van der Waals surface area contributed by atoms with Crippen LogP contribution >= 0.6 is 12.4 Å². The molecule has 126 valence electrons. The fourth-order valence-electron chi connectivity index (χ4n) is 2.65. The van der Waals surface area contributed by atoms with Crippen molar-refractivity contribution in [2.75, 3.05) is 19.6 Å². The van der Waals surface area contributed by atoms with Gasteiger partial charge in [-0.2, -0.15) is 0 Å². The number of piperazine rings is 1. The van der Waals surface area contributed by atoms with E-state index in [1.807, 2.05) is 12.1 Å². The normalized spacial score (nSPS) is 17.0. The predicted molar refractivity (Wildman–Crippen MR) is 90.9 cm³/mol. The second kappa shape index (κ2) is 7.85. The summed E-state index contributed by atoms with van der Waals surface area (Å²) in [6.07, 6.45) is 4.87. The number of pyridine rings is 2. The maximum absolute atomic E-state index is 12.8. The van der Waals surface area contributed by atoms with Gasteiger partial charge in [-0.15, -0.1) is 12.4 Å². The summed E-state index contributed by atoms with van der Waals surface area (Å²) in [7, 11) is 0. The molecule has 0 saturated carbocycles. The summed E-state index contributed by atoms with van der Waals surface area (Å²) in [4.78, 5) is 33.7. The third-order valence-electron chi connectivity index (χ3n) is 3.84. The number of carbonyl (C=O) groups excluding carboxylic acids is 2. The smallest absolute Gasteiger partial charge is 0.267 e. The van der Waals surface area contributed by atoms with Gasteiger partial charge in [0.1, 0.15) is 5.69 Å². The largest absolute Gasteiger partial charge is 0.364 e. The van der Waals surface area contributed by atoms with E-state index in [4.69, 9.17) is 5.73 Å². The van der Waals surface area contributed by atoms with Crippen LogP contribution in [0, 0.1) is 0 Å². The van der Waals surface area contributed by atoms with Gasteiger partial charge in [-0.3, -0.25) is 19.6 Å². The van der Waals surface area contributed by atoms with Gasteiger partial charge in [-0.1, -0.05) is 6.07 Å². The van der Waals surface area contributed by atoms with Gasteiger partial charge in [0.15, 0.2) is 0 Å². The van der Waals surface area contributed by atoms with Crippen molar-refractivity contribution < 1.29 is 9.59 Å². The molecule has 2 aromatic rings. The molecule has 1 aliphatic heterocycles. The first-order chi connectivity index (χ1) is 11.2. The van der Waals surface area contributed by atoms with E-state index in [9.17, 15) is 9.59 Å². The molecule has 3 heterocycles. The molecular weight excluding hydrogens is 330 g/mol. The zero-order valence-corrected chi connectivity index (χ0v) is 13.7. The molecule has 0 radical (unpaired) electrons. The number of nitrogens with two attached hydrogens (primary N) is 1. The minimum absolute atomic E-state index is 0. The monoisotopic (exact) mass is 347 g/mol. The van der Waals surface area contributed by atoms with E-state index < -0.39 is 5.91 Å². The SMILES string of the molecule is Cl.NC(=O)c1ccc(C(=O)N2CCNCC2c2cccnc2)cn1. The Labute approximate surface area is 145 Å². The molecule has 3 rings (SSSR count). The molecule has 3 N–H and O–H groups in total. The van der Waals surface area contributed by atoms with Gasteiger partial charge in [0.05, 0.1) is 11.6 Å². The molecule has 0 bridgehead atoms. The number of nitrogens with one attached hydrogen (secondary N) is 1. The number of nitrogens with zero attached hydrogens (tertiary/aromatic N) is 3. The van der Waals surface area contributed by atoms with Crippen LogP contribution in [0.3, 0.4) is 0 Å². The Balaban J connectivity index is 0.00000208. The second-order valence-electron chi connectivity index (χ2n) is 5.30. The van der Waals surface area contributed by atoms with Crippen molar-refractivity contribution in [2.24, 2.45) is 5.73 Å². The number of carbonyl (C=O) groups is 2. The number of rotatable bonds is 3. The molecule has 0 spiro atoms. The maximum Gasteiger partial charge on any atom is 0.267 e. The number of aromatic nitrogens is 2. The van der Waals surface area contributed by atoms with E-state index in [0.29, 0.717) is 18.7 Å². The second-order valence-corrected chi connectivity index (χ2v) is 5.30. The van der Waals surface area contributed by atoms with Gasteiger partial charge in [-0.25, -0.2) is 0 Å². The van der Waals surface area contributed by atoms with Crippen LogP contribution in [0.1, 0.15) is 32.5 Å². The summed E-state index contributed by atoms with van der Waals surface area (Å²) < 4.78 is 0. The topological polar surface area (TPSA) is 101 Å². The Hall–Kier alpha value is -2.51. The first-order valence-corrected chi connectivity index (χ1v) is 7.34. The summed E-state index contributed by atoms with van der Waals surface area (Å²) in [5.74, 6) is -0.733. The first kappa shape index (κ1) is 17.8. The van der Waals surface area contributed by atoms with Crippen LogP contribution in [-0.2, 0) is 0 Å². The van der Waals surface area contributed by atoms with Gasteiger partial charge in [0.25, 0.3) is 11.8 Å². The lowest BCUT2D eigenvalue weighted by Gasteiger charge is -2.36. The lowest BCUT2D eigenvalue weighted by molar-refractivity contribution is 0.0633. The minimum Gasteiger partial charge on any atom is -0.364 e. The van der Waals surface area contributed by atoms with Crippen LogP contribution in [0.2, 0.25) is 0 Å².